The molecule has 21 heavy (non-hydrogen) atoms. The number of nitrogens with zero attached hydrogens (tertiary/aromatic N) is 1. The van der Waals surface area contributed by atoms with Crippen LogP contribution in [0.25, 0.3) is 11.0 Å². The first-order valence-corrected chi connectivity index (χ1v) is 7.99. The third kappa shape index (κ3) is 2.87. The fourth-order valence-electron chi connectivity index (χ4n) is 1.93. The van der Waals surface area contributed by atoms with E-state index in [0.717, 1.165) is 21.8 Å². The molecule has 2 aromatic heterocycles. The van der Waals surface area contributed by atoms with Gasteiger partial charge in [0.15, 0.2) is 5.16 Å². The zero-order chi connectivity index (χ0) is 14.8. The highest BCUT2D eigenvalue weighted by molar-refractivity contribution is 7.98. The van der Waals surface area contributed by atoms with Crippen molar-refractivity contribution >= 4 is 45.7 Å². The summed E-state index contributed by atoms with van der Waals surface area (Å²) in [6.45, 7) is 0. The normalized spacial score (nSPS) is 10.9. The predicted molar refractivity (Wildman–Crippen MR) is 86.0 cm³/mol. The number of nitrogens with one attached hydrogen (secondary N) is 2. The van der Waals surface area contributed by atoms with E-state index >= 15 is 0 Å². The molecule has 0 radical (unpaired) electrons. The lowest BCUT2D eigenvalue weighted by molar-refractivity contribution is 0.0957. The minimum absolute atomic E-state index is 0.266. The number of nitrogens with two attached hydrogens (primary N) is 2. The molecule has 3 rings (SSSR count). The standard InChI is InChI=1S/C13H13N5OS2/c14-8-1-2-9-10(5-8)17-13(16-9)21-6-7-3-4-20-11(7)12(19)18-15/h1-5H,6,14-15H2,(H,16,17)(H,18,19). The van der Waals surface area contributed by atoms with Crippen molar-refractivity contribution in [3.63, 3.8) is 0 Å². The molecule has 0 spiro atoms. The number of H-pyrrole nitrogens is 1. The summed E-state index contributed by atoms with van der Waals surface area (Å²) in [6, 6.07) is 7.47. The van der Waals surface area contributed by atoms with Crippen LogP contribution in [0.1, 0.15) is 15.2 Å². The van der Waals surface area contributed by atoms with Crippen molar-refractivity contribution in [2.75, 3.05) is 5.73 Å². The van der Waals surface area contributed by atoms with Gasteiger partial charge in [-0.25, -0.2) is 10.8 Å². The fraction of sp³-hybridized carbons (Fsp3) is 0.0769. The summed E-state index contributed by atoms with van der Waals surface area (Å²) >= 11 is 2.90. The number of hydrogen-bond acceptors (Lipinski definition) is 6. The van der Waals surface area contributed by atoms with Crippen LogP contribution >= 0.6 is 23.1 Å². The van der Waals surface area contributed by atoms with E-state index in [-0.39, 0.29) is 5.91 Å². The number of imidazole rings is 1. The molecule has 8 heteroatoms. The first-order valence-electron chi connectivity index (χ1n) is 6.12. The summed E-state index contributed by atoms with van der Waals surface area (Å²) in [6.07, 6.45) is 0. The summed E-state index contributed by atoms with van der Waals surface area (Å²) in [5.74, 6) is 5.55. The molecular weight excluding hydrogens is 306 g/mol. The maximum Gasteiger partial charge on any atom is 0.275 e. The number of fused-ring (bicyclic) bond motifs is 1. The van der Waals surface area contributed by atoms with Crippen molar-refractivity contribution in [2.24, 2.45) is 5.84 Å². The molecule has 0 aliphatic rings. The average Bonchev–Trinajstić information content (AvgIpc) is 3.09. The highest BCUT2D eigenvalue weighted by atomic mass is 32.2. The Morgan fingerprint density at radius 2 is 2.29 bits per heavy atom. The molecule has 0 aliphatic carbocycles. The lowest BCUT2D eigenvalue weighted by atomic mass is 10.3. The topological polar surface area (TPSA) is 110 Å². The van der Waals surface area contributed by atoms with Crippen LogP contribution < -0.4 is 17.0 Å². The molecule has 6 nitrogen and oxygen atoms in total. The number of carbonyl (C=O) groups excluding carboxylic acids is 1. The Morgan fingerprint density at radius 1 is 1.43 bits per heavy atom. The molecule has 0 fully saturated rings. The van der Waals surface area contributed by atoms with Crippen LogP contribution in [0.2, 0.25) is 0 Å². The predicted octanol–water partition coefficient (Wildman–Crippen LogP) is 2.10. The highest BCUT2D eigenvalue weighted by Gasteiger charge is 2.13. The van der Waals surface area contributed by atoms with Crippen LogP contribution in [0.3, 0.4) is 0 Å². The number of nitrogen functional groups attached to an aromatic ring is 2. The molecule has 3 aromatic rings. The van der Waals surface area contributed by atoms with Crippen LogP contribution in [-0.4, -0.2) is 15.9 Å². The maximum atomic E-state index is 11.6. The molecule has 1 amide bonds. The summed E-state index contributed by atoms with van der Waals surface area (Å²) < 4.78 is 0. The molecule has 0 aliphatic heterocycles. The maximum absolute atomic E-state index is 11.6. The van der Waals surface area contributed by atoms with Crippen LogP contribution in [0.4, 0.5) is 5.69 Å². The van der Waals surface area contributed by atoms with Crippen molar-refractivity contribution in [3.05, 3.63) is 40.1 Å². The summed E-state index contributed by atoms with van der Waals surface area (Å²) in [5.41, 5.74) is 11.3. The molecule has 108 valence electrons. The van der Waals surface area contributed by atoms with E-state index in [1.807, 2.05) is 29.6 Å². The van der Waals surface area contributed by atoms with Gasteiger partial charge in [-0.2, -0.15) is 0 Å². The number of hydrazine groups is 1. The van der Waals surface area contributed by atoms with E-state index in [1.54, 1.807) is 0 Å². The summed E-state index contributed by atoms with van der Waals surface area (Å²) in [7, 11) is 0. The average molecular weight is 319 g/mol. The minimum atomic E-state index is -0.266. The first-order chi connectivity index (χ1) is 10.2. The molecule has 1 aromatic carbocycles. The van der Waals surface area contributed by atoms with Crippen molar-refractivity contribution in [1.82, 2.24) is 15.4 Å². The van der Waals surface area contributed by atoms with Crippen LogP contribution in [0.5, 0.6) is 0 Å². The Labute approximate surface area is 128 Å². The van der Waals surface area contributed by atoms with E-state index in [1.165, 1.54) is 23.1 Å². The lowest BCUT2D eigenvalue weighted by Gasteiger charge is -2.00. The van der Waals surface area contributed by atoms with Gasteiger partial charge >= 0.3 is 0 Å². The largest absolute Gasteiger partial charge is 0.399 e. The zero-order valence-corrected chi connectivity index (χ0v) is 12.6. The van der Waals surface area contributed by atoms with E-state index < -0.39 is 0 Å². The Balaban J connectivity index is 1.77. The molecule has 0 unspecified atom stereocenters. The number of aromatic amines is 1. The number of thiophene rings is 1. The molecule has 2 heterocycles. The number of hydrogen-bond donors (Lipinski definition) is 4. The van der Waals surface area contributed by atoms with Crippen molar-refractivity contribution in [2.45, 2.75) is 10.9 Å². The first kappa shape index (κ1) is 13.9. The minimum Gasteiger partial charge on any atom is -0.399 e. The molecular formula is C13H13N5OS2. The Kier molecular flexibility index (Phi) is 3.82. The monoisotopic (exact) mass is 319 g/mol. The SMILES string of the molecule is NNC(=O)c1sccc1CSc1nc2ccc(N)cc2[nH]1. The van der Waals surface area contributed by atoms with Gasteiger partial charge in [0, 0.05) is 11.4 Å². The van der Waals surface area contributed by atoms with Gasteiger partial charge in [-0.3, -0.25) is 10.2 Å². The number of aromatic nitrogens is 2. The van der Waals surface area contributed by atoms with Crippen molar-refractivity contribution in [1.29, 1.82) is 0 Å². The van der Waals surface area contributed by atoms with Gasteiger partial charge in [0.2, 0.25) is 0 Å². The Hall–Kier alpha value is -2.03. The molecule has 0 bridgehead atoms. The molecule has 0 saturated heterocycles. The number of thioether (sulfide) groups is 1. The second-order valence-corrected chi connectivity index (χ2v) is 6.24. The third-order valence-corrected chi connectivity index (χ3v) is 4.81. The summed E-state index contributed by atoms with van der Waals surface area (Å²) in [4.78, 5) is 19.9. The smallest absolute Gasteiger partial charge is 0.275 e. The quantitative estimate of drug-likeness (QED) is 0.193. The second-order valence-electron chi connectivity index (χ2n) is 4.36. The van der Waals surface area contributed by atoms with E-state index in [0.29, 0.717) is 16.3 Å². The van der Waals surface area contributed by atoms with Gasteiger partial charge in [0.25, 0.3) is 5.91 Å². The Bertz CT molecular complexity index is 795. The van der Waals surface area contributed by atoms with Crippen molar-refractivity contribution < 1.29 is 4.79 Å². The van der Waals surface area contributed by atoms with Crippen LogP contribution in [-0.2, 0) is 5.75 Å². The van der Waals surface area contributed by atoms with E-state index in [4.69, 9.17) is 11.6 Å². The second kappa shape index (κ2) is 5.76. The van der Waals surface area contributed by atoms with Crippen molar-refractivity contribution in [3.8, 4) is 0 Å². The Morgan fingerprint density at radius 3 is 3.10 bits per heavy atom. The number of anilines is 1. The number of carbonyl (C=O) groups is 1. The molecule has 0 saturated carbocycles. The number of amides is 1. The van der Waals surface area contributed by atoms with Gasteiger partial charge in [0.1, 0.15) is 0 Å². The zero-order valence-electron chi connectivity index (χ0n) is 10.9. The lowest BCUT2D eigenvalue weighted by Crippen LogP contribution is -2.29. The van der Waals surface area contributed by atoms with Crippen LogP contribution in [0.15, 0.2) is 34.8 Å². The van der Waals surface area contributed by atoms with E-state index in [9.17, 15) is 4.79 Å². The van der Waals surface area contributed by atoms with Crippen LogP contribution in [0, 0.1) is 0 Å². The van der Waals surface area contributed by atoms with E-state index in [2.05, 4.69) is 15.4 Å². The van der Waals surface area contributed by atoms with Gasteiger partial charge in [-0.1, -0.05) is 11.8 Å². The van der Waals surface area contributed by atoms with Gasteiger partial charge in [-0.05, 0) is 35.2 Å². The third-order valence-electron chi connectivity index (χ3n) is 2.93. The summed E-state index contributed by atoms with van der Waals surface area (Å²) in [5, 5.41) is 2.67. The van der Waals surface area contributed by atoms with Gasteiger partial charge in [0.05, 0.1) is 15.9 Å². The molecule has 0 atom stereocenters. The number of benzene rings is 1. The number of rotatable bonds is 4. The van der Waals surface area contributed by atoms with Gasteiger partial charge in [-0.15, -0.1) is 11.3 Å². The fourth-order valence-corrected chi connectivity index (χ4v) is 3.73. The van der Waals surface area contributed by atoms with Gasteiger partial charge < -0.3 is 10.7 Å². The molecule has 6 N–H and O–H groups in total. The highest BCUT2D eigenvalue weighted by Crippen LogP contribution is 2.27.